The van der Waals surface area contributed by atoms with Gasteiger partial charge in [0.1, 0.15) is 11.8 Å². The number of carbonyl (C=O) groups is 2. The molecule has 1 aliphatic heterocycles. The molecule has 18 heavy (non-hydrogen) atoms. The average molecular weight is 247 g/mol. The van der Waals surface area contributed by atoms with Gasteiger partial charge in [0.05, 0.1) is 7.11 Å². The molecule has 0 bridgehead atoms. The Balaban J connectivity index is 2.12. The Hall–Kier alpha value is -2.04. The first kappa shape index (κ1) is 12.4. The lowest BCUT2D eigenvalue weighted by molar-refractivity contribution is -0.123. The average Bonchev–Trinajstić information content (AvgIpc) is 2.83. The number of hydrogen-bond donors (Lipinski definition) is 1. The normalized spacial score (nSPS) is 18.3. The van der Waals surface area contributed by atoms with E-state index in [1.54, 1.807) is 32.4 Å². The fourth-order valence-electron chi connectivity index (χ4n) is 1.91. The maximum Gasteiger partial charge on any atom is 0.249 e. The number of hydrogen-bond acceptors (Lipinski definition) is 3. The third-order valence-electron chi connectivity index (χ3n) is 2.99. The predicted molar refractivity (Wildman–Crippen MR) is 66.4 cm³/mol. The zero-order valence-electron chi connectivity index (χ0n) is 10.4. The molecule has 1 atom stereocenters. The van der Waals surface area contributed by atoms with Crippen LogP contribution in [0.4, 0.5) is 5.69 Å². The van der Waals surface area contributed by atoms with Gasteiger partial charge in [0, 0.05) is 25.2 Å². The number of methoxy groups -OCH3 is 1. The van der Waals surface area contributed by atoms with E-state index in [0.29, 0.717) is 24.3 Å². The summed E-state index contributed by atoms with van der Waals surface area (Å²) < 4.78 is 5.09. The van der Waals surface area contributed by atoms with Gasteiger partial charge in [-0.05, 0) is 24.6 Å². The van der Waals surface area contributed by atoms with Crippen LogP contribution in [-0.4, -0.2) is 32.0 Å². The van der Waals surface area contributed by atoms with Crippen molar-refractivity contribution in [2.24, 2.45) is 0 Å². The van der Waals surface area contributed by atoms with Gasteiger partial charge in [0.25, 0.3) is 0 Å². The lowest BCUT2D eigenvalue weighted by Gasteiger charge is -2.21. The van der Waals surface area contributed by atoms with Crippen LogP contribution >= 0.6 is 0 Å². The van der Waals surface area contributed by atoms with Gasteiger partial charge in [0.15, 0.2) is 0 Å². The van der Waals surface area contributed by atoms with Crippen LogP contribution < -0.4 is 15.0 Å². The van der Waals surface area contributed by atoms with E-state index in [0.717, 1.165) is 0 Å². The molecule has 1 aliphatic rings. The van der Waals surface area contributed by atoms with E-state index in [-0.39, 0.29) is 11.8 Å². The molecule has 2 rings (SSSR count). The van der Waals surface area contributed by atoms with Crippen LogP contribution in [0.2, 0.25) is 0 Å². The minimum atomic E-state index is -0.422. The third-order valence-corrected chi connectivity index (χ3v) is 2.99. The Morgan fingerprint density at radius 1 is 1.56 bits per heavy atom. The number of nitrogens with one attached hydrogen (secondary N) is 1. The number of rotatable bonds is 3. The van der Waals surface area contributed by atoms with E-state index in [2.05, 4.69) is 11.4 Å². The molecule has 0 spiro atoms. The zero-order valence-corrected chi connectivity index (χ0v) is 10.4. The highest BCUT2D eigenvalue weighted by atomic mass is 16.5. The second-order valence-corrected chi connectivity index (χ2v) is 4.19. The highest BCUT2D eigenvalue weighted by Crippen LogP contribution is 2.21. The number of nitrogens with zero attached hydrogens (tertiary/aromatic N) is 1. The molecule has 1 fully saturated rings. The minimum Gasteiger partial charge on any atom is -0.497 e. The van der Waals surface area contributed by atoms with E-state index in [4.69, 9.17) is 4.74 Å². The molecular weight excluding hydrogens is 232 g/mol. The summed E-state index contributed by atoms with van der Waals surface area (Å²) in [6.45, 7) is 0. The molecular formula is C13H15N2O3. The van der Waals surface area contributed by atoms with Crippen molar-refractivity contribution in [1.82, 2.24) is 5.32 Å². The first-order valence-corrected chi connectivity index (χ1v) is 5.74. The smallest absolute Gasteiger partial charge is 0.249 e. The quantitative estimate of drug-likeness (QED) is 0.857. The van der Waals surface area contributed by atoms with E-state index in [9.17, 15) is 9.59 Å². The van der Waals surface area contributed by atoms with E-state index in [1.807, 2.05) is 0 Å². The largest absolute Gasteiger partial charge is 0.497 e. The van der Waals surface area contributed by atoms with Gasteiger partial charge in [-0.3, -0.25) is 9.59 Å². The number of amides is 2. The van der Waals surface area contributed by atoms with Crippen molar-refractivity contribution in [3.63, 3.8) is 0 Å². The van der Waals surface area contributed by atoms with E-state index >= 15 is 0 Å². The van der Waals surface area contributed by atoms with Gasteiger partial charge in [-0.15, -0.1) is 0 Å². The van der Waals surface area contributed by atoms with Crippen LogP contribution in [0.3, 0.4) is 0 Å². The Labute approximate surface area is 106 Å². The van der Waals surface area contributed by atoms with Crippen LogP contribution in [0.25, 0.3) is 0 Å². The van der Waals surface area contributed by atoms with E-state index < -0.39 is 6.04 Å². The van der Waals surface area contributed by atoms with Crippen LogP contribution in [0.5, 0.6) is 5.75 Å². The standard InChI is InChI=1S/C13H15N2O3/c1-15(9-4-3-5-10(8-9)18-2)13(17)11-6-7-12(16)14-11/h4-5,8,11H,6-7H2,1-2H3,(H,14,16). The fraction of sp³-hybridized carbons (Fsp3) is 0.385. The van der Waals surface area contributed by atoms with Crippen LogP contribution in [0.1, 0.15) is 12.8 Å². The molecule has 0 aromatic heterocycles. The topological polar surface area (TPSA) is 58.6 Å². The summed E-state index contributed by atoms with van der Waals surface area (Å²) in [5, 5.41) is 2.66. The lowest BCUT2D eigenvalue weighted by Crippen LogP contribution is -2.42. The first-order valence-electron chi connectivity index (χ1n) is 5.74. The maximum atomic E-state index is 12.1. The summed E-state index contributed by atoms with van der Waals surface area (Å²) in [6, 6.07) is 7.64. The van der Waals surface area contributed by atoms with Crippen LogP contribution in [-0.2, 0) is 9.59 Å². The summed E-state index contributed by atoms with van der Waals surface area (Å²) in [7, 11) is 3.24. The second kappa shape index (κ2) is 5.08. The first-order chi connectivity index (χ1) is 8.61. The fourth-order valence-corrected chi connectivity index (χ4v) is 1.91. The van der Waals surface area contributed by atoms with Crippen LogP contribution in [0, 0.1) is 6.07 Å². The molecule has 1 heterocycles. The number of benzene rings is 1. The summed E-state index contributed by atoms with van der Waals surface area (Å²) in [6.07, 6.45) is 0.962. The van der Waals surface area contributed by atoms with Gasteiger partial charge >= 0.3 is 0 Å². The molecule has 5 heteroatoms. The Morgan fingerprint density at radius 2 is 2.33 bits per heavy atom. The molecule has 1 aromatic rings. The molecule has 5 nitrogen and oxygen atoms in total. The van der Waals surface area contributed by atoms with Crippen LogP contribution in [0.15, 0.2) is 18.2 Å². The van der Waals surface area contributed by atoms with Gasteiger partial charge < -0.3 is 15.0 Å². The number of carbonyl (C=O) groups excluding carboxylic acids is 2. The van der Waals surface area contributed by atoms with Crippen molar-refractivity contribution >= 4 is 17.5 Å². The van der Waals surface area contributed by atoms with Gasteiger partial charge in [-0.25, -0.2) is 0 Å². The van der Waals surface area contributed by atoms with Crippen molar-refractivity contribution in [3.05, 3.63) is 24.3 Å². The van der Waals surface area contributed by atoms with Crippen molar-refractivity contribution in [1.29, 1.82) is 0 Å². The molecule has 1 aromatic carbocycles. The molecule has 1 radical (unpaired) electrons. The number of likely N-dealkylation sites (N-methyl/N-ethyl adjacent to an activating group) is 1. The molecule has 2 amide bonds. The van der Waals surface area contributed by atoms with Crippen molar-refractivity contribution in [2.45, 2.75) is 18.9 Å². The number of ether oxygens (including phenoxy) is 1. The molecule has 1 saturated heterocycles. The Bertz CT molecular complexity index is 473. The van der Waals surface area contributed by atoms with E-state index in [1.165, 1.54) is 4.90 Å². The van der Waals surface area contributed by atoms with Crippen molar-refractivity contribution in [3.8, 4) is 5.75 Å². The molecule has 1 unspecified atom stereocenters. The number of anilines is 1. The SMILES string of the molecule is COc1c[c]cc(N(C)C(=O)C2CCC(=O)N2)c1. The summed E-state index contributed by atoms with van der Waals surface area (Å²) in [5.74, 6) is 0.448. The zero-order chi connectivity index (χ0) is 13.1. The third kappa shape index (κ3) is 2.45. The monoisotopic (exact) mass is 247 g/mol. The molecule has 95 valence electrons. The van der Waals surface area contributed by atoms with Crippen molar-refractivity contribution < 1.29 is 14.3 Å². The highest BCUT2D eigenvalue weighted by Gasteiger charge is 2.29. The lowest BCUT2D eigenvalue weighted by atomic mass is 10.2. The van der Waals surface area contributed by atoms with Crippen molar-refractivity contribution in [2.75, 3.05) is 19.1 Å². The summed E-state index contributed by atoms with van der Waals surface area (Å²) in [5.41, 5.74) is 0.695. The van der Waals surface area contributed by atoms with Gasteiger partial charge in [-0.2, -0.15) is 0 Å². The Morgan fingerprint density at radius 3 is 2.94 bits per heavy atom. The molecule has 0 aliphatic carbocycles. The maximum absolute atomic E-state index is 12.1. The second-order valence-electron chi connectivity index (χ2n) is 4.19. The molecule has 1 N–H and O–H groups in total. The highest BCUT2D eigenvalue weighted by molar-refractivity contribution is 6.00. The minimum absolute atomic E-state index is 0.0704. The summed E-state index contributed by atoms with van der Waals surface area (Å²) >= 11 is 0. The van der Waals surface area contributed by atoms with Gasteiger partial charge in [-0.1, -0.05) is 0 Å². The Kier molecular flexibility index (Phi) is 3.50. The van der Waals surface area contributed by atoms with Gasteiger partial charge in [0.2, 0.25) is 11.8 Å². The predicted octanol–water partition coefficient (Wildman–Crippen LogP) is 0.737. The molecule has 0 saturated carbocycles. The summed E-state index contributed by atoms with van der Waals surface area (Å²) in [4.78, 5) is 24.8.